The molecule has 0 aromatic heterocycles. The minimum Gasteiger partial charge on any atom is -0.493 e. The smallest absolute Gasteiger partial charge is 0.253 e. The van der Waals surface area contributed by atoms with Crippen LogP contribution in [0.5, 0.6) is 11.5 Å². The van der Waals surface area contributed by atoms with E-state index in [0.717, 1.165) is 11.1 Å². The van der Waals surface area contributed by atoms with E-state index in [0.29, 0.717) is 24.7 Å². The third kappa shape index (κ3) is 4.31. The Hall–Kier alpha value is -3.35. The summed E-state index contributed by atoms with van der Waals surface area (Å²) in [5.74, 6) is -0.525. The predicted molar refractivity (Wildman–Crippen MR) is 106 cm³/mol. The number of amides is 2. The number of rotatable bonds is 7. The molecule has 1 heterocycles. The highest BCUT2D eigenvalue weighted by Gasteiger charge is 2.40. The SMILES string of the molecule is CCOc1cc(C=NNC(=O)[C@H]2C(=O)NC[C@@H]2c2ccccc2)ccc1OC. The fourth-order valence-electron chi connectivity index (χ4n) is 3.22. The number of hydrazone groups is 1. The first-order chi connectivity index (χ1) is 13.6. The second kappa shape index (κ2) is 9.03. The Bertz CT molecular complexity index is 867. The average molecular weight is 381 g/mol. The monoisotopic (exact) mass is 381 g/mol. The van der Waals surface area contributed by atoms with Gasteiger partial charge in [0.05, 0.1) is 19.9 Å². The van der Waals surface area contributed by atoms with Crippen molar-refractivity contribution < 1.29 is 19.1 Å². The Morgan fingerprint density at radius 3 is 2.75 bits per heavy atom. The van der Waals surface area contributed by atoms with Gasteiger partial charge < -0.3 is 14.8 Å². The van der Waals surface area contributed by atoms with Crippen LogP contribution >= 0.6 is 0 Å². The van der Waals surface area contributed by atoms with Crippen LogP contribution in [0, 0.1) is 5.92 Å². The lowest BCUT2D eigenvalue weighted by Gasteiger charge is -2.15. The molecule has 1 saturated heterocycles. The Morgan fingerprint density at radius 2 is 2.04 bits per heavy atom. The van der Waals surface area contributed by atoms with Gasteiger partial charge in [-0.3, -0.25) is 9.59 Å². The van der Waals surface area contributed by atoms with Gasteiger partial charge >= 0.3 is 0 Å². The van der Waals surface area contributed by atoms with Crippen LogP contribution in [0.2, 0.25) is 0 Å². The van der Waals surface area contributed by atoms with Gasteiger partial charge in [-0.15, -0.1) is 0 Å². The Kier molecular flexibility index (Phi) is 6.26. The molecular weight excluding hydrogens is 358 g/mol. The van der Waals surface area contributed by atoms with Gasteiger partial charge in [-0.05, 0) is 36.2 Å². The number of nitrogens with zero attached hydrogens (tertiary/aromatic N) is 1. The van der Waals surface area contributed by atoms with Crippen molar-refractivity contribution in [1.82, 2.24) is 10.7 Å². The molecule has 7 nitrogen and oxygen atoms in total. The molecule has 0 saturated carbocycles. The van der Waals surface area contributed by atoms with E-state index in [4.69, 9.17) is 9.47 Å². The highest BCUT2D eigenvalue weighted by Crippen LogP contribution is 2.29. The van der Waals surface area contributed by atoms with Crippen molar-refractivity contribution in [2.45, 2.75) is 12.8 Å². The Labute approximate surface area is 163 Å². The van der Waals surface area contributed by atoms with Gasteiger partial charge in [-0.1, -0.05) is 30.3 Å². The quantitative estimate of drug-likeness (QED) is 0.437. The average Bonchev–Trinajstić information content (AvgIpc) is 3.10. The van der Waals surface area contributed by atoms with Crippen LogP contribution in [0.1, 0.15) is 24.0 Å². The van der Waals surface area contributed by atoms with Crippen molar-refractivity contribution in [3.63, 3.8) is 0 Å². The molecule has 2 aromatic carbocycles. The zero-order valence-corrected chi connectivity index (χ0v) is 15.8. The second-order valence-corrected chi connectivity index (χ2v) is 6.32. The molecule has 0 aliphatic carbocycles. The lowest BCUT2D eigenvalue weighted by Crippen LogP contribution is -2.34. The van der Waals surface area contributed by atoms with Crippen LogP contribution in [0.3, 0.4) is 0 Å². The highest BCUT2D eigenvalue weighted by atomic mass is 16.5. The first kappa shape index (κ1) is 19.4. The van der Waals surface area contributed by atoms with E-state index in [-0.39, 0.29) is 11.8 Å². The molecule has 2 amide bonds. The van der Waals surface area contributed by atoms with Crippen molar-refractivity contribution in [2.24, 2.45) is 11.0 Å². The normalized spacial score (nSPS) is 18.7. The number of benzene rings is 2. The summed E-state index contributed by atoms with van der Waals surface area (Å²) in [5.41, 5.74) is 4.16. The maximum Gasteiger partial charge on any atom is 0.253 e. The van der Waals surface area contributed by atoms with Crippen molar-refractivity contribution in [2.75, 3.05) is 20.3 Å². The standard InChI is InChI=1S/C21H23N3O4/c1-3-28-18-11-14(9-10-17(18)27-2)12-23-24-21(26)19-16(13-22-20(19)25)15-7-5-4-6-8-15/h4-12,16,19H,3,13H2,1-2H3,(H,22,25)(H,24,26)/t16-,19-/m1/s1. The summed E-state index contributed by atoms with van der Waals surface area (Å²) in [4.78, 5) is 24.7. The van der Waals surface area contributed by atoms with Gasteiger partial charge in [-0.25, -0.2) is 5.43 Å². The van der Waals surface area contributed by atoms with E-state index in [1.54, 1.807) is 25.3 Å². The molecule has 2 N–H and O–H groups in total. The van der Waals surface area contributed by atoms with Crippen molar-refractivity contribution in [3.8, 4) is 11.5 Å². The van der Waals surface area contributed by atoms with Gasteiger partial charge in [0.15, 0.2) is 11.5 Å². The van der Waals surface area contributed by atoms with E-state index >= 15 is 0 Å². The van der Waals surface area contributed by atoms with E-state index in [1.165, 1.54) is 6.21 Å². The van der Waals surface area contributed by atoms with E-state index < -0.39 is 11.8 Å². The molecule has 1 aliphatic heterocycles. The van der Waals surface area contributed by atoms with Crippen molar-refractivity contribution in [3.05, 3.63) is 59.7 Å². The largest absolute Gasteiger partial charge is 0.493 e. The summed E-state index contributed by atoms with van der Waals surface area (Å²) in [5, 5.41) is 6.76. The number of methoxy groups -OCH3 is 1. The summed E-state index contributed by atoms with van der Waals surface area (Å²) in [6.07, 6.45) is 1.50. The van der Waals surface area contributed by atoms with E-state index in [2.05, 4.69) is 15.8 Å². The molecule has 7 heteroatoms. The molecule has 3 rings (SSSR count). The van der Waals surface area contributed by atoms with E-state index in [1.807, 2.05) is 37.3 Å². The Balaban J connectivity index is 1.69. The van der Waals surface area contributed by atoms with Gasteiger partial charge in [0.2, 0.25) is 5.91 Å². The van der Waals surface area contributed by atoms with Crippen LogP contribution < -0.4 is 20.2 Å². The zero-order chi connectivity index (χ0) is 19.9. The lowest BCUT2D eigenvalue weighted by molar-refractivity contribution is -0.133. The highest BCUT2D eigenvalue weighted by molar-refractivity contribution is 6.03. The molecule has 0 radical (unpaired) electrons. The van der Waals surface area contributed by atoms with Gasteiger partial charge in [0.25, 0.3) is 5.91 Å². The molecular formula is C21H23N3O4. The predicted octanol–water partition coefficient (Wildman–Crippen LogP) is 2.07. The van der Waals surface area contributed by atoms with Gasteiger partial charge in [-0.2, -0.15) is 5.10 Å². The molecule has 28 heavy (non-hydrogen) atoms. The summed E-state index contributed by atoms with van der Waals surface area (Å²) in [6, 6.07) is 14.9. The van der Waals surface area contributed by atoms with Crippen LogP contribution in [-0.4, -0.2) is 38.3 Å². The minimum absolute atomic E-state index is 0.213. The Morgan fingerprint density at radius 1 is 1.25 bits per heavy atom. The summed E-state index contributed by atoms with van der Waals surface area (Å²) < 4.78 is 10.8. The summed E-state index contributed by atoms with van der Waals surface area (Å²) in [7, 11) is 1.57. The maximum atomic E-state index is 12.6. The second-order valence-electron chi connectivity index (χ2n) is 6.32. The van der Waals surface area contributed by atoms with Crippen LogP contribution in [0.4, 0.5) is 0 Å². The molecule has 0 unspecified atom stereocenters. The number of hydrogen-bond donors (Lipinski definition) is 2. The van der Waals surface area contributed by atoms with Crippen molar-refractivity contribution >= 4 is 18.0 Å². The number of carbonyl (C=O) groups excluding carboxylic acids is 2. The third-order valence-corrected chi connectivity index (χ3v) is 4.57. The molecule has 1 fully saturated rings. The van der Waals surface area contributed by atoms with Crippen LogP contribution in [-0.2, 0) is 9.59 Å². The molecule has 1 aliphatic rings. The summed E-state index contributed by atoms with van der Waals surface area (Å²) >= 11 is 0. The summed E-state index contributed by atoms with van der Waals surface area (Å²) in [6.45, 7) is 2.82. The van der Waals surface area contributed by atoms with Gasteiger partial charge in [0, 0.05) is 12.5 Å². The molecule has 2 aromatic rings. The van der Waals surface area contributed by atoms with Crippen LogP contribution in [0.15, 0.2) is 53.6 Å². The number of ether oxygens (including phenoxy) is 2. The fourth-order valence-corrected chi connectivity index (χ4v) is 3.22. The molecule has 0 spiro atoms. The molecule has 0 bridgehead atoms. The first-order valence-electron chi connectivity index (χ1n) is 9.10. The zero-order valence-electron chi connectivity index (χ0n) is 15.8. The van der Waals surface area contributed by atoms with Crippen LogP contribution in [0.25, 0.3) is 0 Å². The van der Waals surface area contributed by atoms with Gasteiger partial charge in [0.1, 0.15) is 5.92 Å². The first-order valence-corrected chi connectivity index (χ1v) is 9.10. The third-order valence-electron chi connectivity index (χ3n) is 4.57. The fraction of sp³-hybridized carbons (Fsp3) is 0.286. The lowest BCUT2D eigenvalue weighted by atomic mass is 9.88. The maximum absolute atomic E-state index is 12.6. The molecule has 146 valence electrons. The molecule has 2 atom stereocenters. The van der Waals surface area contributed by atoms with E-state index in [9.17, 15) is 9.59 Å². The van der Waals surface area contributed by atoms with Crippen molar-refractivity contribution in [1.29, 1.82) is 0 Å². The topological polar surface area (TPSA) is 89.0 Å². The minimum atomic E-state index is -0.811. The number of nitrogens with one attached hydrogen (secondary N) is 2. The number of hydrogen-bond acceptors (Lipinski definition) is 5. The number of carbonyl (C=O) groups is 2.